The van der Waals surface area contributed by atoms with Crippen LogP contribution >= 0.6 is 0 Å². The Morgan fingerprint density at radius 3 is 1.92 bits per heavy atom. The summed E-state index contributed by atoms with van der Waals surface area (Å²) in [6.07, 6.45) is 0.475. The summed E-state index contributed by atoms with van der Waals surface area (Å²) >= 11 is 0. The maximum atomic E-state index is 13.6. The first-order valence-electron chi connectivity index (χ1n) is 11.4. The summed E-state index contributed by atoms with van der Waals surface area (Å²) in [5.74, 6) is -7.94. The van der Waals surface area contributed by atoms with Crippen molar-refractivity contribution in [2.75, 3.05) is 13.2 Å². The quantitative estimate of drug-likeness (QED) is 0.0923. The Morgan fingerprint density at radius 1 is 0.889 bits per heavy atom. The molecule has 0 aromatic heterocycles. The second kappa shape index (κ2) is 13.9. The SMILES string of the molecule is CC(N)C(=O)N(C(=O)C(N)Cc1ccccc1)C(C(=O)O)(C(=O)C(N)CO)C(=O)C(N)CCCCN. The van der Waals surface area contributed by atoms with Crippen LogP contribution in [-0.4, -0.2) is 87.3 Å². The molecule has 0 radical (unpaired) electrons. The number of aliphatic carboxylic acids is 1. The molecule has 13 heteroatoms. The Hall–Kier alpha value is -3.07. The number of benzene rings is 1. The number of nitrogens with two attached hydrogens (primary N) is 5. The van der Waals surface area contributed by atoms with Gasteiger partial charge in [-0.25, -0.2) is 9.69 Å². The van der Waals surface area contributed by atoms with E-state index in [1.807, 2.05) is 0 Å². The van der Waals surface area contributed by atoms with Crippen LogP contribution in [0, 0.1) is 0 Å². The zero-order chi connectivity index (χ0) is 27.6. The van der Waals surface area contributed by atoms with Crippen molar-refractivity contribution in [3.63, 3.8) is 0 Å². The minimum atomic E-state index is -3.50. The van der Waals surface area contributed by atoms with Crippen molar-refractivity contribution in [1.29, 1.82) is 0 Å². The second-order valence-electron chi connectivity index (χ2n) is 8.52. The van der Waals surface area contributed by atoms with Crippen LogP contribution in [0.2, 0.25) is 0 Å². The van der Waals surface area contributed by atoms with E-state index < -0.39 is 65.7 Å². The summed E-state index contributed by atoms with van der Waals surface area (Å²) in [5, 5.41) is 19.8. The molecule has 2 amide bonds. The summed E-state index contributed by atoms with van der Waals surface area (Å²) < 4.78 is 0. The van der Waals surface area contributed by atoms with Gasteiger partial charge in [-0.15, -0.1) is 0 Å². The van der Waals surface area contributed by atoms with E-state index in [0.29, 0.717) is 18.4 Å². The third kappa shape index (κ3) is 6.78. The van der Waals surface area contributed by atoms with E-state index in [9.17, 15) is 34.2 Å². The molecule has 0 saturated heterocycles. The lowest BCUT2D eigenvalue weighted by molar-refractivity contribution is -0.176. The summed E-state index contributed by atoms with van der Waals surface area (Å²) in [7, 11) is 0. The third-order valence-electron chi connectivity index (χ3n) is 5.64. The van der Waals surface area contributed by atoms with E-state index in [-0.39, 0.29) is 24.3 Å². The molecular formula is C23H36N6O7. The topological polar surface area (TPSA) is 259 Å². The first kappa shape index (κ1) is 31.0. The predicted octanol–water partition coefficient (Wildman–Crippen LogP) is -3.00. The van der Waals surface area contributed by atoms with E-state index in [1.165, 1.54) is 0 Å². The first-order chi connectivity index (χ1) is 16.9. The Kier molecular flexibility index (Phi) is 11.9. The van der Waals surface area contributed by atoms with Crippen LogP contribution < -0.4 is 28.7 Å². The van der Waals surface area contributed by atoms with Gasteiger partial charge in [0.25, 0.3) is 5.54 Å². The van der Waals surface area contributed by atoms with E-state index in [2.05, 4.69) is 0 Å². The molecule has 0 bridgehead atoms. The van der Waals surface area contributed by atoms with Crippen LogP contribution in [0.3, 0.4) is 0 Å². The number of Topliss-reactive ketones (excluding diaryl/α,β-unsaturated/α-hetero) is 2. The van der Waals surface area contributed by atoms with Gasteiger partial charge in [0, 0.05) is 0 Å². The maximum absolute atomic E-state index is 13.6. The number of aliphatic hydroxyl groups is 1. The maximum Gasteiger partial charge on any atom is 0.346 e. The molecule has 36 heavy (non-hydrogen) atoms. The third-order valence-corrected chi connectivity index (χ3v) is 5.64. The number of imide groups is 1. The van der Waals surface area contributed by atoms with Crippen molar-refractivity contribution >= 4 is 29.4 Å². The molecule has 5 atom stereocenters. The van der Waals surface area contributed by atoms with Crippen molar-refractivity contribution in [1.82, 2.24) is 4.90 Å². The van der Waals surface area contributed by atoms with Crippen molar-refractivity contribution in [2.45, 2.75) is 62.3 Å². The zero-order valence-electron chi connectivity index (χ0n) is 20.2. The molecule has 200 valence electrons. The van der Waals surface area contributed by atoms with Crippen LogP contribution in [0.25, 0.3) is 0 Å². The van der Waals surface area contributed by atoms with E-state index in [1.54, 1.807) is 30.3 Å². The van der Waals surface area contributed by atoms with E-state index in [0.717, 1.165) is 6.92 Å². The van der Waals surface area contributed by atoms with Crippen LogP contribution in [0.15, 0.2) is 30.3 Å². The Bertz CT molecular complexity index is 942. The number of hydrogen-bond donors (Lipinski definition) is 7. The molecule has 0 heterocycles. The van der Waals surface area contributed by atoms with Gasteiger partial charge in [0.05, 0.1) is 30.8 Å². The monoisotopic (exact) mass is 508 g/mol. The number of carboxylic acids is 1. The molecule has 1 aromatic rings. The van der Waals surface area contributed by atoms with Crippen molar-refractivity contribution in [2.24, 2.45) is 28.7 Å². The lowest BCUT2D eigenvalue weighted by atomic mass is 9.78. The van der Waals surface area contributed by atoms with Gasteiger partial charge in [-0.2, -0.15) is 0 Å². The summed E-state index contributed by atoms with van der Waals surface area (Å²) in [6, 6.07) is 1.74. The summed E-state index contributed by atoms with van der Waals surface area (Å²) in [6.45, 7) is 0.329. The molecule has 1 aromatic carbocycles. The number of carbonyl (C=O) groups excluding carboxylic acids is 4. The fourth-order valence-corrected chi connectivity index (χ4v) is 3.67. The van der Waals surface area contributed by atoms with E-state index >= 15 is 0 Å². The van der Waals surface area contributed by atoms with Gasteiger partial charge < -0.3 is 38.9 Å². The smallest absolute Gasteiger partial charge is 0.346 e. The van der Waals surface area contributed by atoms with Crippen molar-refractivity contribution in [3.05, 3.63) is 35.9 Å². The lowest BCUT2D eigenvalue weighted by Crippen LogP contribution is -2.76. The highest BCUT2D eigenvalue weighted by Crippen LogP contribution is 2.26. The van der Waals surface area contributed by atoms with Gasteiger partial charge in [-0.3, -0.25) is 19.2 Å². The highest BCUT2D eigenvalue weighted by Gasteiger charge is 2.63. The van der Waals surface area contributed by atoms with Gasteiger partial charge in [-0.1, -0.05) is 36.8 Å². The fraction of sp³-hybridized carbons (Fsp3) is 0.522. The highest BCUT2D eigenvalue weighted by atomic mass is 16.4. The van der Waals surface area contributed by atoms with Gasteiger partial charge >= 0.3 is 5.97 Å². The van der Waals surface area contributed by atoms with Crippen LogP contribution in [0.4, 0.5) is 0 Å². The molecular weight excluding hydrogens is 472 g/mol. The Balaban J connectivity index is 3.77. The van der Waals surface area contributed by atoms with Crippen LogP contribution in [0.5, 0.6) is 0 Å². The molecule has 12 N–H and O–H groups in total. The number of ketones is 2. The Labute approximate surface area is 208 Å². The van der Waals surface area contributed by atoms with Gasteiger partial charge in [0.1, 0.15) is 0 Å². The number of aliphatic hydroxyl groups excluding tert-OH is 1. The Morgan fingerprint density at radius 2 is 1.44 bits per heavy atom. The molecule has 0 spiro atoms. The van der Waals surface area contributed by atoms with Gasteiger partial charge in [0.15, 0.2) is 11.6 Å². The number of carbonyl (C=O) groups is 5. The minimum absolute atomic E-state index is 0.0312. The van der Waals surface area contributed by atoms with Crippen molar-refractivity contribution < 1.29 is 34.2 Å². The van der Waals surface area contributed by atoms with Crippen LogP contribution in [0.1, 0.15) is 31.7 Å². The standard InChI is InChI=1S/C23H36N6O7/c1-13(25)20(33)29(21(34)16(27)11-14-7-3-2-4-8-14)23(22(35)36,19(32)17(28)12-30)18(31)15(26)9-5-6-10-24/h2-4,7-8,13,15-17,30H,5-6,9-12,24-28H2,1H3,(H,35,36). The number of unbranched alkanes of at least 4 members (excludes halogenated alkanes) is 1. The lowest BCUT2D eigenvalue weighted by Gasteiger charge is -2.40. The number of nitrogens with zero attached hydrogens (tertiary/aromatic N) is 1. The molecule has 0 aliphatic rings. The molecule has 0 aliphatic carbocycles. The van der Waals surface area contributed by atoms with E-state index in [4.69, 9.17) is 28.7 Å². The van der Waals surface area contributed by atoms with Crippen LogP contribution in [-0.2, 0) is 30.4 Å². The van der Waals surface area contributed by atoms with Gasteiger partial charge in [-0.05, 0) is 38.3 Å². The van der Waals surface area contributed by atoms with Gasteiger partial charge in [0.2, 0.25) is 11.8 Å². The second-order valence-corrected chi connectivity index (χ2v) is 8.52. The molecule has 0 fully saturated rings. The average molecular weight is 509 g/mol. The first-order valence-corrected chi connectivity index (χ1v) is 11.4. The average Bonchev–Trinajstić information content (AvgIpc) is 2.85. The molecule has 13 nitrogen and oxygen atoms in total. The normalized spacial score (nSPS) is 16.2. The zero-order valence-corrected chi connectivity index (χ0v) is 20.2. The molecule has 5 unspecified atom stereocenters. The highest BCUT2D eigenvalue weighted by molar-refractivity contribution is 6.33. The molecule has 1 rings (SSSR count). The molecule has 0 aliphatic heterocycles. The summed E-state index contributed by atoms with van der Waals surface area (Å²) in [4.78, 5) is 66.4. The number of hydrogen-bond acceptors (Lipinski definition) is 11. The van der Waals surface area contributed by atoms with Crippen molar-refractivity contribution in [3.8, 4) is 0 Å². The number of amides is 2. The summed E-state index contributed by atoms with van der Waals surface area (Å²) in [5.41, 5.74) is 25.8. The largest absolute Gasteiger partial charge is 0.479 e. The molecule has 0 saturated carbocycles. The minimum Gasteiger partial charge on any atom is -0.479 e. The number of rotatable bonds is 15. The number of carboxylic acid groups (broad SMARTS) is 1. The fourth-order valence-electron chi connectivity index (χ4n) is 3.67. The predicted molar refractivity (Wildman–Crippen MR) is 130 cm³/mol.